The van der Waals surface area contributed by atoms with E-state index in [9.17, 15) is 4.79 Å². The van der Waals surface area contributed by atoms with Crippen LogP contribution in [0.25, 0.3) is 10.9 Å². The quantitative estimate of drug-likeness (QED) is 0.754. The van der Waals surface area contributed by atoms with E-state index in [0.29, 0.717) is 24.3 Å². The molecule has 0 saturated carbocycles. The van der Waals surface area contributed by atoms with Gasteiger partial charge in [-0.2, -0.15) is 0 Å². The van der Waals surface area contributed by atoms with E-state index in [0.717, 1.165) is 5.39 Å². The van der Waals surface area contributed by atoms with Crippen molar-refractivity contribution in [1.82, 2.24) is 9.97 Å². The Bertz CT molecular complexity index is 656. The van der Waals surface area contributed by atoms with Gasteiger partial charge in [0.2, 0.25) is 5.82 Å². The van der Waals surface area contributed by atoms with Gasteiger partial charge in [0.25, 0.3) is 0 Å². The van der Waals surface area contributed by atoms with Crippen LogP contribution in [0.5, 0.6) is 0 Å². The second-order valence-corrected chi connectivity index (χ2v) is 5.71. The molecule has 0 aliphatic heterocycles. The highest BCUT2D eigenvalue weighted by atomic mass is 16.4. The van der Waals surface area contributed by atoms with E-state index < -0.39 is 5.97 Å². The van der Waals surface area contributed by atoms with E-state index >= 15 is 0 Å². The third kappa shape index (κ3) is 3.66. The molecule has 6 heteroatoms. The van der Waals surface area contributed by atoms with Crippen LogP contribution >= 0.6 is 0 Å². The van der Waals surface area contributed by atoms with Crippen LogP contribution < -0.4 is 5.32 Å². The van der Waals surface area contributed by atoms with Gasteiger partial charge in [-0.3, -0.25) is 0 Å². The summed E-state index contributed by atoms with van der Waals surface area (Å²) in [6, 6.07) is 7.27. The highest BCUT2D eigenvalue weighted by molar-refractivity contribution is 5.93. The van der Waals surface area contributed by atoms with Crippen molar-refractivity contribution in [2.45, 2.75) is 20.3 Å². The average molecular weight is 289 g/mol. The first-order valence-electron chi connectivity index (χ1n) is 6.78. The first-order valence-corrected chi connectivity index (χ1v) is 6.78. The summed E-state index contributed by atoms with van der Waals surface area (Å²) >= 11 is 0. The molecule has 3 N–H and O–H groups in total. The minimum absolute atomic E-state index is 0.111. The number of aromatic carboxylic acids is 1. The Morgan fingerprint density at radius 2 is 2.00 bits per heavy atom. The Kier molecular flexibility index (Phi) is 4.37. The number of hydrogen-bond acceptors (Lipinski definition) is 5. The largest absolute Gasteiger partial charge is 0.475 e. The zero-order valence-electron chi connectivity index (χ0n) is 12.1. The molecule has 0 bridgehead atoms. The first-order chi connectivity index (χ1) is 9.93. The highest BCUT2D eigenvalue weighted by Gasteiger charge is 2.19. The lowest BCUT2D eigenvalue weighted by molar-refractivity contribution is 0.0684. The Labute approximate surface area is 122 Å². The number of hydrogen-bond donors (Lipinski definition) is 3. The van der Waals surface area contributed by atoms with Gasteiger partial charge in [-0.05, 0) is 24.0 Å². The Hall–Kier alpha value is -2.21. The molecule has 1 aromatic carbocycles. The van der Waals surface area contributed by atoms with Gasteiger partial charge in [0.05, 0.1) is 5.52 Å². The second-order valence-electron chi connectivity index (χ2n) is 5.71. The fourth-order valence-corrected chi connectivity index (χ4v) is 2.02. The van der Waals surface area contributed by atoms with Gasteiger partial charge in [-0.1, -0.05) is 26.0 Å². The lowest BCUT2D eigenvalue weighted by Crippen LogP contribution is -2.25. The summed E-state index contributed by atoms with van der Waals surface area (Å²) in [4.78, 5) is 19.2. The van der Waals surface area contributed by atoms with E-state index in [4.69, 9.17) is 10.2 Å². The summed E-state index contributed by atoms with van der Waals surface area (Å²) in [5.74, 6) is -0.876. The van der Waals surface area contributed by atoms with Crippen molar-refractivity contribution in [2.24, 2.45) is 5.41 Å². The van der Waals surface area contributed by atoms with Gasteiger partial charge in [0.15, 0.2) is 0 Å². The highest BCUT2D eigenvalue weighted by Crippen LogP contribution is 2.24. The molecule has 112 valence electrons. The van der Waals surface area contributed by atoms with Gasteiger partial charge >= 0.3 is 5.97 Å². The lowest BCUT2D eigenvalue weighted by atomic mass is 9.90. The molecule has 0 aliphatic carbocycles. The van der Waals surface area contributed by atoms with Crippen LogP contribution in [0, 0.1) is 5.41 Å². The number of para-hydroxylation sites is 1. The number of nitrogens with one attached hydrogen (secondary N) is 1. The molecule has 2 aromatic rings. The van der Waals surface area contributed by atoms with Crippen molar-refractivity contribution in [1.29, 1.82) is 0 Å². The van der Waals surface area contributed by atoms with E-state index in [1.165, 1.54) is 0 Å². The van der Waals surface area contributed by atoms with Crippen LogP contribution in [-0.2, 0) is 0 Å². The first kappa shape index (κ1) is 15.2. The summed E-state index contributed by atoms with van der Waals surface area (Å²) in [6.45, 7) is 4.74. The Morgan fingerprint density at radius 3 is 2.67 bits per heavy atom. The summed E-state index contributed by atoms with van der Waals surface area (Å²) in [5.41, 5.74) is 0.469. The van der Waals surface area contributed by atoms with Crippen molar-refractivity contribution in [2.75, 3.05) is 18.5 Å². The van der Waals surface area contributed by atoms with Gasteiger partial charge in [0, 0.05) is 18.5 Å². The van der Waals surface area contributed by atoms with E-state index in [-0.39, 0.29) is 17.8 Å². The molecule has 0 amide bonds. The van der Waals surface area contributed by atoms with E-state index in [1.807, 2.05) is 26.0 Å². The minimum atomic E-state index is -1.15. The topological polar surface area (TPSA) is 95.3 Å². The van der Waals surface area contributed by atoms with Crippen LogP contribution in [0.4, 0.5) is 5.82 Å². The smallest absolute Gasteiger partial charge is 0.374 e. The Morgan fingerprint density at radius 1 is 1.29 bits per heavy atom. The molecule has 21 heavy (non-hydrogen) atoms. The van der Waals surface area contributed by atoms with Crippen LogP contribution in [0.3, 0.4) is 0 Å². The van der Waals surface area contributed by atoms with Crippen LogP contribution in [0.2, 0.25) is 0 Å². The number of carbonyl (C=O) groups is 1. The van der Waals surface area contributed by atoms with E-state index in [1.54, 1.807) is 12.1 Å². The number of benzene rings is 1. The number of anilines is 1. The number of carboxylic acid groups (broad SMARTS) is 1. The molecular weight excluding hydrogens is 270 g/mol. The fraction of sp³-hybridized carbons (Fsp3) is 0.400. The molecule has 0 saturated heterocycles. The average Bonchev–Trinajstić information content (AvgIpc) is 2.44. The molecule has 1 aromatic heterocycles. The zero-order valence-corrected chi connectivity index (χ0v) is 12.1. The van der Waals surface area contributed by atoms with Crippen molar-refractivity contribution < 1.29 is 15.0 Å². The standard InChI is InChI=1S/C15H19N3O3/c1-15(2,7-8-19)9-16-12-10-5-3-4-6-11(10)17-13(18-12)14(20)21/h3-6,19H,7-9H2,1-2H3,(H,20,21)(H,16,17,18). The summed E-state index contributed by atoms with van der Waals surface area (Å²) in [6.07, 6.45) is 0.648. The number of aliphatic hydroxyl groups is 1. The minimum Gasteiger partial charge on any atom is -0.475 e. The summed E-state index contributed by atoms with van der Waals surface area (Å²) < 4.78 is 0. The van der Waals surface area contributed by atoms with Crippen molar-refractivity contribution in [3.05, 3.63) is 30.1 Å². The maximum atomic E-state index is 11.1. The fourth-order valence-electron chi connectivity index (χ4n) is 2.02. The Balaban J connectivity index is 2.35. The predicted molar refractivity (Wildman–Crippen MR) is 80.5 cm³/mol. The van der Waals surface area contributed by atoms with Gasteiger partial charge in [0.1, 0.15) is 5.82 Å². The number of aliphatic hydroxyl groups excluding tert-OH is 1. The molecule has 0 unspecified atom stereocenters. The SMILES string of the molecule is CC(C)(CCO)CNc1nc(C(=O)O)nc2ccccc12. The molecule has 0 spiro atoms. The third-order valence-corrected chi connectivity index (χ3v) is 3.32. The summed E-state index contributed by atoms with van der Waals surface area (Å²) in [5, 5.41) is 22.1. The van der Waals surface area contributed by atoms with E-state index in [2.05, 4.69) is 15.3 Å². The van der Waals surface area contributed by atoms with Crippen molar-refractivity contribution in [3.8, 4) is 0 Å². The number of carboxylic acids is 1. The number of rotatable bonds is 6. The molecule has 6 nitrogen and oxygen atoms in total. The second kappa shape index (κ2) is 6.05. The molecular formula is C15H19N3O3. The zero-order chi connectivity index (χ0) is 15.5. The predicted octanol–water partition coefficient (Wildman–Crippen LogP) is 2.15. The van der Waals surface area contributed by atoms with Crippen molar-refractivity contribution >= 4 is 22.7 Å². The van der Waals surface area contributed by atoms with Gasteiger partial charge < -0.3 is 15.5 Å². The molecule has 0 aliphatic rings. The van der Waals surface area contributed by atoms with Crippen LogP contribution in [0.1, 0.15) is 30.9 Å². The van der Waals surface area contributed by atoms with Crippen molar-refractivity contribution in [3.63, 3.8) is 0 Å². The molecule has 0 fully saturated rings. The number of aromatic nitrogens is 2. The van der Waals surface area contributed by atoms with Crippen LogP contribution in [0.15, 0.2) is 24.3 Å². The molecule has 0 radical (unpaired) electrons. The van der Waals surface area contributed by atoms with Gasteiger partial charge in [-0.25, -0.2) is 14.8 Å². The lowest BCUT2D eigenvalue weighted by Gasteiger charge is -2.24. The number of nitrogens with zero attached hydrogens (tertiary/aromatic N) is 2. The third-order valence-electron chi connectivity index (χ3n) is 3.32. The maximum Gasteiger partial charge on any atom is 0.374 e. The normalized spacial score (nSPS) is 11.6. The summed E-state index contributed by atoms with van der Waals surface area (Å²) in [7, 11) is 0. The molecule has 2 rings (SSSR count). The monoisotopic (exact) mass is 289 g/mol. The molecule has 0 atom stereocenters. The number of fused-ring (bicyclic) bond motifs is 1. The van der Waals surface area contributed by atoms with Crippen LogP contribution in [-0.4, -0.2) is 39.3 Å². The maximum absolute atomic E-state index is 11.1. The molecule has 1 heterocycles. The van der Waals surface area contributed by atoms with Gasteiger partial charge in [-0.15, -0.1) is 0 Å².